The third kappa shape index (κ3) is 3.48. The highest BCUT2D eigenvalue weighted by atomic mass is 16.6. The summed E-state index contributed by atoms with van der Waals surface area (Å²) in [6.45, 7) is 8.06. The van der Waals surface area contributed by atoms with Crippen LogP contribution < -0.4 is 0 Å². The summed E-state index contributed by atoms with van der Waals surface area (Å²) in [6, 6.07) is 1.78. The van der Waals surface area contributed by atoms with Gasteiger partial charge in [0.1, 0.15) is 18.6 Å². The summed E-state index contributed by atoms with van der Waals surface area (Å²) in [6.07, 6.45) is 6.31. The maximum Gasteiger partial charge on any atom is 0.320 e. The van der Waals surface area contributed by atoms with Gasteiger partial charge in [-0.15, -0.1) is 0 Å². The van der Waals surface area contributed by atoms with Crippen LogP contribution in [-0.4, -0.2) is 24.1 Å². The van der Waals surface area contributed by atoms with Crippen molar-refractivity contribution in [3.63, 3.8) is 0 Å². The molecule has 0 aromatic heterocycles. The molecule has 4 saturated carbocycles. The molecule has 0 aliphatic heterocycles. The van der Waals surface area contributed by atoms with Gasteiger partial charge in [-0.3, -0.25) is 9.59 Å². The second-order valence-corrected chi connectivity index (χ2v) is 9.61. The standard InChI is InChI=1S/C22H33NO4/c1-5-21(4,13-26-19(24)6-7-23)20(25)27-22(14(2)3)17-9-15-8-16(11-17)12-18(22)10-15/h14-18H,5-6,8-13H2,1-4H3. The maximum atomic E-state index is 13.3. The number of carbonyl (C=O) groups excluding carboxylic acids is 2. The number of hydrogen-bond acceptors (Lipinski definition) is 5. The molecular weight excluding hydrogens is 342 g/mol. The van der Waals surface area contributed by atoms with Crippen LogP contribution in [-0.2, 0) is 19.1 Å². The van der Waals surface area contributed by atoms with Crippen LogP contribution in [0.15, 0.2) is 0 Å². The highest BCUT2D eigenvalue weighted by Crippen LogP contribution is 2.62. The lowest BCUT2D eigenvalue weighted by Crippen LogP contribution is -2.63. The fourth-order valence-electron chi connectivity index (χ4n) is 6.09. The van der Waals surface area contributed by atoms with Gasteiger partial charge < -0.3 is 9.47 Å². The van der Waals surface area contributed by atoms with E-state index >= 15 is 0 Å². The molecule has 5 heteroatoms. The molecule has 27 heavy (non-hydrogen) atoms. The van der Waals surface area contributed by atoms with Crippen molar-refractivity contribution in [1.82, 2.24) is 0 Å². The first-order valence-electron chi connectivity index (χ1n) is 10.5. The van der Waals surface area contributed by atoms with Gasteiger partial charge in [0.2, 0.25) is 0 Å². The van der Waals surface area contributed by atoms with Gasteiger partial charge in [0, 0.05) is 0 Å². The molecule has 4 bridgehead atoms. The molecule has 0 saturated heterocycles. The lowest BCUT2D eigenvalue weighted by molar-refractivity contribution is -0.233. The number of nitrogens with zero attached hydrogens (tertiary/aromatic N) is 1. The lowest BCUT2D eigenvalue weighted by atomic mass is 9.47. The number of hydrogen-bond donors (Lipinski definition) is 0. The Bertz CT molecular complexity index is 607. The smallest absolute Gasteiger partial charge is 0.320 e. The zero-order valence-electron chi connectivity index (χ0n) is 17.1. The first kappa shape index (κ1) is 20.2. The van der Waals surface area contributed by atoms with Gasteiger partial charge in [0.05, 0.1) is 11.5 Å². The van der Waals surface area contributed by atoms with E-state index in [0.29, 0.717) is 18.3 Å². The Morgan fingerprint density at radius 3 is 2.15 bits per heavy atom. The second kappa shape index (κ2) is 7.45. The highest BCUT2D eigenvalue weighted by molar-refractivity contribution is 5.78. The molecule has 0 amide bonds. The van der Waals surface area contributed by atoms with Crippen LogP contribution >= 0.6 is 0 Å². The molecule has 1 atom stereocenters. The maximum absolute atomic E-state index is 13.3. The Morgan fingerprint density at radius 1 is 1.15 bits per heavy atom. The molecule has 4 fully saturated rings. The molecule has 4 aliphatic carbocycles. The molecule has 0 spiro atoms. The van der Waals surface area contributed by atoms with Crippen molar-refractivity contribution in [2.24, 2.45) is 35.0 Å². The van der Waals surface area contributed by atoms with Gasteiger partial charge in [-0.2, -0.15) is 5.26 Å². The molecule has 0 radical (unpaired) electrons. The van der Waals surface area contributed by atoms with Crippen LogP contribution in [0.2, 0.25) is 0 Å². The minimum Gasteiger partial charge on any atom is -0.464 e. The SMILES string of the molecule is CCC(C)(COC(=O)CC#N)C(=O)OC1(C(C)C)C2CC3CC(C2)CC1C3. The average Bonchev–Trinajstić information content (AvgIpc) is 2.62. The van der Waals surface area contributed by atoms with E-state index in [9.17, 15) is 9.59 Å². The summed E-state index contributed by atoms with van der Waals surface area (Å²) in [5, 5.41) is 8.62. The largest absolute Gasteiger partial charge is 0.464 e. The van der Waals surface area contributed by atoms with Crippen molar-refractivity contribution in [3.8, 4) is 6.07 Å². The molecule has 1 unspecified atom stereocenters. The molecule has 0 N–H and O–H groups in total. The summed E-state index contributed by atoms with van der Waals surface area (Å²) in [5.74, 6) is 1.97. The quantitative estimate of drug-likeness (QED) is 0.622. The zero-order chi connectivity index (χ0) is 19.8. The van der Waals surface area contributed by atoms with E-state index in [2.05, 4.69) is 13.8 Å². The van der Waals surface area contributed by atoms with Crippen molar-refractivity contribution >= 4 is 11.9 Å². The number of rotatable bonds is 7. The van der Waals surface area contributed by atoms with Crippen LogP contribution in [0.25, 0.3) is 0 Å². The van der Waals surface area contributed by atoms with E-state index in [4.69, 9.17) is 14.7 Å². The number of ether oxygens (including phenoxy) is 2. The molecule has 0 heterocycles. The van der Waals surface area contributed by atoms with E-state index in [1.807, 2.05) is 6.92 Å². The fourth-order valence-corrected chi connectivity index (χ4v) is 6.09. The van der Waals surface area contributed by atoms with E-state index in [-0.39, 0.29) is 30.5 Å². The Balaban J connectivity index is 1.77. The van der Waals surface area contributed by atoms with E-state index in [0.717, 1.165) is 11.8 Å². The van der Waals surface area contributed by atoms with Crippen molar-refractivity contribution in [2.45, 2.75) is 78.2 Å². The molecular formula is C22H33NO4. The Hall–Kier alpha value is -1.57. The monoisotopic (exact) mass is 375 g/mol. The fraction of sp³-hybridized carbons (Fsp3) is 0.864. The van der Waals surface area contributed by atoms with Crippen molar-refractivity contribution in [2.75, 3.05) is 6.61 Å². The summed E-state index contributed by atoms with van der Waals surface area (Å²) < 4.78 is 11.6. The van der Waals surface area contributed by atoms with Crippen LogP contribution in [0, 0.1) is 46.3 Å². The topological polar surface area (TPSA) is 76.4 Å². The third-order valence-corrected chi connectivity index (χ3v) is 7.63. The summed E-state index contributed by atoms with van der Waals surface area (Å²) in [4.78, 5) is 24.9. The lowest BCUT2D eigenvalue weighted by Gasteiger charge is -2.62. The Kier molecular flexibility index (Phi) is 5.57. The van der Waals surface area contributed by atoms with E-state index in [1.54, 1.807) is 13.0 Å². The van der Waals surface area contributed by atoms with Gasteiger partial charge in [0.25, 0.3) is 0 Å². The second-order valence-electron chi connectivity index (χ2n) is 9.61. The first-order chi connectivity index (χ1) is 12.7. The minimum atomic E-state index is -0.873. The summed E-state index contributed by atoms with van der Waals surface area (Å²) in [5.41, 5.74) is -1.25. The predicted octanol–water partition coefficient (Wildman–Crippen LogP) is 4.25. The van der Waals surface area contributed by atoms with Gasteiger partial charge in [0.15, 0.2) is 0 Å². The van der Waals surface area contributed by atoms with Crippen molar-refractivity contribution < 1.29 is 19.1 Å². The van der Waals surface area contributed by atoms with Crippen molar-refractivity contribution in [3.05, 3.63) is 0 Å². The number of esters is 2. The van der Waals surface area contributed by atoms with Gasteiger partial charge >= 0.3 is 11.9 Å². The Labute approximate surface area is 162 Å². The van der Waals surface area contributed by atoms with Crippen LogP contribution in [0.4, 0.5) is 0 Å². The predicted molar refractivity (Wildman–Crippen MR) is 100 cm³/mol. The highest BCUT2D eigenvalue weighted by Gasteiger charge is 2.61. The third-order valence-electron chi connectivity index (χ3n) is 7.63. The van der Waals surface area contributed by atoms with Crippen LogP contribution in [0.5, 0.6) is 0 Å². The average molecular weight is 376 g/mol. The molecule has 4 rings (SSSR count). The van der Waals surface area contributed by atoms with Crippen LogP contribution in [0.3, 0.4) is 0 Å². The molecule has 4 aliphatic rings. The molecule has 0 aromatic rings. The summed E-state index contributed by atoms with van der Waals surface area (Å²) in [7, 11) is 0. The Morgan fingerprint density at radius 2 is 1.70 bits per heavy atom. The first-order valence-corrected chi connectivity index (χ1v) is 10.5. The molecule has 5 nitrogen and oxygen atoms in total. The van der Waals surface area contributed by atoms with E-state index < -0.39 is 11.4 Å². The van der Waals surface area contributed by atoms with Crippen LogP contribution in [0.1, 0.15) is 72.6 Å². The van der Waals surface area contributed by atoms with Gasteiger partial charge in [-0.05, 0) is 75.0 Å². The number of nitriles is 1. The summed E-state index contributed by atoms with van der Waals surface area (Å²) >= 11 is 0. The van der Waals surface area contributed by atoms with E-state index in [1.165, 1.54) is 32.1 Å². The number of carbonyl (C=O) groups is 2. The van der Waals surface area contributed by atoms with Gasteiger partial charge in [-0.1, -0.05) is 20.8 Å². The van der Waals surface area contributed by atoms with Crippen molar-refractivity contribution in [1.29, 1.82) is 5.26 Å². The molecule has 150 valence electrons. The zero-order valence-corrected chi connectivity index (χ0v) is 17.1. The minimum absolute atomic E-state index is 0.0302. The molecule has 0 aromatic carbocycles. The normalized spacial score (nSPS) is 36.1. The van der Waals surface area contributed by atoms with Gasteiger partial charge in [-0.25, -0.2) is 0 Å².